The van der Waals surface area contributed by atoms with Crippen molar-refractivity contribution in [3.63, 3.8) is 0 Å². The maximum Gasteiger partial charge on any atom is 0.251 e. The minimum absolute atomic E-state index is 0.138. The molecule has 0 aliphatic heterocycles. The number of amides is 1. The summed E-state index contributed by atoms with van der Waals surface area (Å²) in [5.74, 6) is 1.95. The lowest BCUT2D eigenvalue weighted by atomic mass is 10.2. The van der Waals surface area contributed by atoms with Gasteiger partial charge in [-0.05, 0) is 43.7 Å². The quantitative estimate of drug-likeness (QED) is 0.454. The predicted octanol–water partition coefficient (Wildman–Crippen LogP) is 3.74. The van der Waals surface area contributed by atoms with E-state index in [-0.39, 0.29) is 5.91 Å². The zero-order valence-corrected chi connectivity index (χ0v) is 16.3. The molecular weight excluding hydrogens is 354 g/mol. The van der Waals surface area contributed by atoms with E-state index in [0.29, 0.717) is 30.2 Å². The molecule has 0 unspecified atom stereocenters. The van der Waals surface area contributed by atoms with Crippen LogP contribution in [0.15, 0.2) is 55.1 Å². The average molecular weight is 379 g/mol. The average Bonchev–Trinajstić information content (AvgIpc) is 3.04. The first kappa shape index (κ1) is 19.5. The minimum atomic E-state index is -0.138. The maximum absolute atomic E-state index is 12.4. The molecule has 3 rings (SSSR count). The Balaban J connectivity index is 1.57. The molecule has 0 bridgehead atoms. The molecule has 0 radical (unpaired) electrons. The van der Waals surface area contributed by atoms with Gasteiger partial charge in [-0.15, -0.1) is 0 Å². The first-order valence-corrected chi connectivity index (χ1v) is 9.26. The molecule has 0 saturated heterocycles. The maximum atomic E-state index is 12.4. The lowest BCUT2D eigenvalue weighted by Crippen LogP contribution is -2.25. The number of carbonyl (C=O) groups excluding carboxylic acids is 1. The van der Waals surface area contributed by atoms with E-state index in [9.17, 15) is 4.79 Å². The van der Waals surface area contributed by atoms with Gasteiger partial charge in [-0.3, -0.25) is 4.79 Å². The summed E-state index contributed by atoms with van der Waals surface area (Å²) in [6.45, 7) is 7.37. The number of para-hydroxylation sites is 2. The van der Waals surface area contributed by atoms with Crippen molar-refractivity contribution in [1.82, 2.24) is 14.9 Å². The number of imidazole rings is 1. The number of benzene rings is 2. The zero-order valence-electron chi connectivity index (χ0n) is 16.3. The fraction of sp³-hybridized carbons (Fsp3) is 0.273. The summed E-state index contributed by atoms with van der Waals surface area (Å²) >= 11 is 0. The highest BCUT2D eigenvalue weighted by atomic mass is 16.5. The largest absolute Gasteiger partial charge is 0.493 e. The van der Waals surface area contributed by atoms with Gasteiger partial charge in [0.15, 0.2) is 11.5 Å². The number of aromatic nitrogens is 2. The Morgan fingerprint density at radius 2 is 2.07 bits per heavy atom. The molecule has 6 nitrogen and oxygen atoms in total. The highest BCUT2D eigenvalue weighted by Crippen LogP contribution is 2.28. The molecule has 1 N–H and O–H groups in total. The summed E-state index contributed by atoms with van der Waals surface area (Å²) < 4.78 is 13.0. The number of nitrogens with zero attached hydrogens (tertiary/aromatic N) is 2. The van der Waals surface area contributed by atoms with Crippen molar-refractivity contribution in [2.75, 3.05) is 20.3 Å². The van der Waals surface area contributed by atoms with Gasteiger partial charge in [0.1, 0.15) is 12.4 Å². The first-order valence-electron chi connectivity index (χ1n) is 9.26. The molecule has 0 saturated carbocycles. The van der Waals surface area contributed by atoms with E-state index in [1.807, 2.05) is 25.1 Å². The van der Waals surface area contributed by atoms with Crippen molar-refractivity contribution in [3.05, 3.63) is 66.5 Å². The molecular formula is C22H25N3O3. The van der Waals surface area contributed by atoms with Crippen molar-refractivity contribution < 1.29 is 14.3 Å². The molecule has 1 heterocycles. The van der Waals surface area contributed by atoms with Crippen molar-refractivity contribution in [2.45, 2.75) is 19.9 Å². The third kappa shape index (κ3) is 4.34. The van der Waals surface area contributed by atoms with Gasteiger partial charge >= 0.3 is 0 Å². The molecule has 0 fully saturated rings. The Morgan fingerprint density at radius 3 is 2.86 bits per heavy atom. The van der Waals surface area contributed by atoms with E-state index < -0.39 is 0 Å². The second-order valence-corrected chi connectivity index (χ2v) is 6.37. The van der Waals surface area contributed by atoms with Gasteiger partial charge in [-0.1, -0.05) is 24.8 Å². The van der Waals surface area contributed by atoms with Crippen LogP contribution in [-0.4, -0.2) is 35.7 Å². The smallest absolute Gasteiger partial charge is 0.251 e. The van der Waals surface area contributed by atoms with Crippen LogP contribution >= 0.6 is 0 Å². The van der Waals surface area contributed by atoms with Crippen LogP contribution in [0.4, 0.5) is 0 Å². The van der Waals surface area contributed by atoms with Crippen molar-refractivity contribution in [2.24, 2.45) is 0 Å². The van der Waals surface area contributed by atoms with Gasteiger partial charge in [-0.25, -0.2) is 4.98 Å². The van der Waals surface area contributed by atoms with Crippen molar-refractivity contribution >= 4 is 16.9 Å². The first-order chi connectivity index (χ1) is 13.6. The van der Waals surface area contributed by atoms with Gasteiger partial charge in [0.05, 0.1) is 18.1 Å². The number of fused-ring (bicyclic) bond motifs is 1. The molecule has 0 spiro atoms. The molecule has 0 atom stereocenters. The monoisotopic (exact) mass is 379 g/mol. The lowest BCUT2D eigenvalue weighted by Gasteiger charge is -2.12. The zero-order chi connectivity index (χ0) is 19.9. The molecule has 1 amide bonds. The molecule has 1 aromatic heterocycles. The second kappa shape index (κ2) is 9.08. The summed E-state index contributed by atoms with van der Waals surface area (Å²) in [5.41, 5.74) is 2.65. The number of aryl methyl sites for hydroxylation is 2. The Bertz CT molecular complexity index is 978. The topological polar surface area (TPSA) is 65.4 Å². The number of carbonyl (C=O) groups is 1. The van der Waals surface area contributed by atoms with Crippen molar-refractivity contribution in [3.8, 4) is 11.5 Å². The standard InChI is InChI=1S/C22H25N3O3/c1-4-14-28-20-11-10-17(15-21(20)27-3)22(26)23-12-7-13-25-16(2)24-18-8-5-6-9-19(18)25/h4-6,8-11,15H,1,7,12-14H2,2-3H3,(H,23,26). The van der Waals surface area contributed by atoms with E-state index in [2.05, 4.69) is 27.5 Å². The Morgan fingerprint density at radius 1 is 1.25 bits per heavy atom. The van der Waals surface area contributed by atoms with Crippen LogP contribution < -0.4 is 14.8 Å². The Labute approximate surface area is 164 Å². The normalized spacial score (nSPS) is 10.6. The van der Waals surface area contributed by atoms with Gasteiger partial charge in [-0.2, -0.15) is 0 Å². The molecule has 0 aliphatic rings. The fourth-order valence-corrected chi connectivity index (χ4v) is 3.10. The van der Waals surface area contributed by atoms with Gasteiger partial charge in [0.2, 0.25) is 0 Å². The number of hydrogen-bond acceptors (Lipinski definition) is 4. The van der Waals surface area contributed by atoms with Crippen LogP contribution in [0.1, 0.15) is 22.6 Å². The van der Waals surface area contributed by atoms with Gasteiger partial charge in [0, 0.05) is 18.7 Å². The number of rotatable bonds is 9. The number of methoxy groups -OCH3 is 1. The van der Waals surface area contributed by atoms with Crippen LogP contribution in [0.25, 0.3) is 11.0 Å². The number of ether oxygens (including phenoxy) is 2. The van der Waals surface area contributed by atoms with E-state index in [0.717, 1.165) is 29.8 Å². The number of nitrogens with one attached hydrogen (secondary N) is 1. The predicted molar refractivity (Wildman–Crippen MR) is 110 cm³/mol. The molecule has 2 aromatic carbocycles. The molecule has 0 aliphatic carbocycles. The van der Waals surface area contributed by atoms with Crippen LogP contribution in [0.2, 0.25) is 0 Å². The molecule has 28 heavy (non-hydrogen) atoms. The van der Waals surface area contributed by atoms with Gasteiger partial charge in [0.25, 0.3) is 5.91 Å². The van der Waals surface area contributed by atoms with E-state index in [1.165, 1.54) is 0 Å². The van der Waals surface area contributed by atoms with E-state index in [4.69, 9.17) is 9.47 Å². The third-order valence-corrected chi connectivity index (χ3v) is 4.47. The SMILES string of the molecule is C=CCOc1ccc(C(=O)NCCCn2c(C)nc3ccccc32)cc1OC. The van der Waals surface area contributed by atoms with Crippen LogP contribution in [0.3, 0.4) is 0 Å². The summed E-state index contributed by atoms with van der Waals surface area (Å²) in [6, 6.07) is 13.2. The third-order valence-electron chi connectivity index (χ3n) is 4.47. The Kier molecular flexibility index (Phi) is 6.32. The second-order valence-electron chi connectivity index (χ2n) is 6.37. The molecule has 3 aromatic rings. The minimum Gasteiger partial charge on any atom is -0.493 e. The van der Waals surface area contributed by atoms with E-state index >= 15 is 0 Å². The summed E-state index contributed by atoms with van der Waals surface area (Å²) in [5, 5.41) is 2.96. The fourth-order valence-electron chi connectivity index (χ4n) is 3.10. The summed E-state index contributed by atoms with van der Waals surface area (Å²) in [4.78, 5) is 17.0. The van der Waals surface area contributed by atoms with Crippen LogP contribution in [0, 0.1) is 6.92 Å². The summed E-state index contributed by atoms with van der Waals surface area (Å²) in [6.07, 6.45) is 2.47. The van der Waals surface area contributed by atoms with E-state index in [1.54, 1.807) is 31.4 Å². The van der Waals surface area contributed by atoms with Crippen LogP contribution in [-0.2, 0) is 6.54 Å². The lowest BCUT2D eigenvalue weighted by molar-refractivity contribution is 0.0952. The highest BCUT2D eigenvalue weighted by Gasteiger charge is 2.11. The molecule has 146 valence electrons. The van der Waals surface area contributed by atoms with Crippen molar-refractivity contribution in [1.29, 1.82) is 0 Å². The van der Waals surface area contributed by atoms with Crippen LogP contribution in [0.5, 0.6) is 11.5 Å². The number of hydrogen-bond donors (Lipinski definition) is 1. The van der Waals surface area contributed by atoms with Gasteiger partial charge < -0.3 is 19.4 Å². The molecule has 6 heteroatoms. The summed E-state index contributed by atoms with van der Waals surface area (Å²) in [7, 11) is 1.55. The Hall–Kier alpha value is -3.28. The highest BCUT2D eigenvalue weighted by molar-refractivity contribution is 5.94.